The number of nitrogens with zero attached hydrogens (tertiary/aromatic N) is 2. The number of unbranched alkanes of at least 4 members (excludes halogenated alkanes) is 2. The van der Waals surface area contributed by atoms with E-state index in [0.717, 1.165) is 41.0 Å². The summed E-state index contributed by atoms with van der Waals surface area (Å²) in [6, 6.07) is 6.10. The average Bonchev–Trinajstić information content (AvgIpc) is 2.99. The topological polar surface area (TPSA) is 92.9 Å². The Kier molecular flexibility index (Phi) is 9.07. The Balaban J connectivity index is 2.11. The van der Waals surface area contributed by atoms with Crippen LogP contribution in [-0.4, -0.2) is 33.9 Å². The fourth-order valence-electron chi connectivity index (χ4n) is 3.43. The van der Waals surface area contributed by atoms with Crippen LogP contribution in [0.15, 0.2) is 23.2 Å². The number of aromatic nitrogens is 1. The molecule has 2 N–H and O–H groups in total. The summed E-state index contributed by atoms with van der Waals surface area (Å²) in [6.45, 7) is 12.6. The van der Waals surface area contributed by atoms with E-state index in [-0.39, 0.29) is 0 Å². The molecule has 0 saturated carbocycles. The van der Waals surface area contributed by atoms with Crippen LogP contribution in [0.4, 0.5) is 10.5 Å². The fraction of sp³-hybridized carbons (Fsp3) is 0.542. The van der Waals surface area contributed by atoms with Crippen molar-refractivity contribution in [3.8, 4) is 0 Å². The van der Waals surface area contributed by atoms with Crippen LogP contribution in [0.5, 0.6) is 0 Å². The second-order valence-electron chi connectivity index (χ2n) is 8.91. The van der Waals surface area contributed by atoms with E-state index < -0.39 is 17.7 Å². The van der Waals surface area contributed by atoms with Gasteiger partial charge in [-0.05, 0) is 83.6 Å². The minimum absolute atomic E-state index is 0.326. The zero-order valence-corrected chi connectivity index (χ0v) is 20.8. The number of carbonyl (C=O) groups excluding carboxylic acids is 1. The number of rotatable bonds is 9. The Hall–Kier alpha value is -2.61. The first kappa shape index (κ1) is 25.6. The van der Waals surface area contributed by atoms with E-state index in [1.165, 1.54) is 11.3 Å². The number of hydrogen-bond donors (Lipinski definition) is 2. The van der Waals surface area contributed by atoms with E-state index >= 15 is 0 Å². The van der Waals surface area contributed by atoms with Crippen LogP contribution >= 0.6 is 11.3 Å². The van der Waals surface area contributed by atoms with Crippen molar-refractivity contribution in [3.63, 3.8) is 0 Å². The summed E-state index contributed by atoms with van der Waals surface area (Å²) in [5.41, 5.74) is 2.89. The molecular formula is C24H35N3O4S. The van der Waals surface area contributed by atoms with E-state index in [2.05, 4.69) is 11.4 Å². The molecule has 0 unspecified atom stereocenters. The largest absolute Gasteiger partial charge is 0.477 e. The highest BCUT2D eigenvalue weighted by atomic mass is 32.1. The van der Waals surface area contributed by atoms with Gasteiger partial charge in [0.2, 0.25) is 0 Å². The number of benzene rings is 1. The molecule has 0 saturated heterocycles. The molecule has 0 aliphatic heterocycles. The lowest BCUT2D eigenvalue weighted by molar-refractivity contribution is 0.0526. The summed E-state index contributed by atoms with van der Waals surface area (Å²) >= 11 is 1.44. The molecule has 1 heterocycles. The van der Waals surface area contributed by atoms with Gasteiger partial charge in [0, 0.05) is 18.0 Å². The van der Waals surface area contributed by atoms with Crippen molar-refractivity contribution in [2.45, 2.75) is 79.4 Å². The molecule has 1 amide bonds. The number of nitrogens with one attached hydrogen (secondary N) is 1. The highest BCUT2D eigenvalue weighted by Crippen LogP contribution is 2.19. The molecule has 176 valence electrons. The van der Waals surface area contributed by atoms with Crippen molar-refractivity contribution in [2.75, 3.05) is 6.54 Å². The lowest BCUT2D eigenvalue weighted by Crippen LogP contribution is -2.33. The number of amides is 1. The Morgan fingerprint density at radius 3 is 2.34 bits per heavy atom. The van der Waals surface area contributed by atoms with Crippen LogP contribution in [0.1, 0.15) is 73.4 Å². The summed E-state index contributed by atoms with van der Waals surface area (Å²) in [5.74, 6) is -0.924. The molecule has 0 aliphatic carbocycles. The quantitative estimate of drug-likeness (QED) is 0.492. The Labute approximate surface area is 194 Å². The lowest BCUT2D eigenvalue weighted by Gasteiger charge is -2.19. The van der Waals surface area contributed by atoms with Gasteiger partial charge < -0.3 is 19.7 Å². The maximum atomic E-state index is 12.0. The number of carbonyl (C=O) groups is 2. The number of alkyl carbamates (subject to hydrolysis) is 1. The molecule has 0 spiro atoms. The monoisotopic (exact) mass is 461 g/mol. The van der Waals surface area contributed by atoms with Crippen molar-refractivity contribution < 1.29 is 19.4 Å². The Morgan fingerprint density at radius 2 is 1.78 bits per heavy atom. The zero-order valence-electron chi connectivity index (χ0n) is 19.9. The van der Waals surface area contributed by atoms with Crippen molar-refractivity contribution in [1.82, 2.24) is 9.88 Å². The lowest BCUT2D eigenvalue weighted by atomic mass is 10.1. The summed E-state index contributed by atoms with van der Waals surface area (Å²) in [6.07, 6.45) is 2.66. The normalized spacial score (nSPS) is 12.1. The third kappa shape index (κ3) is 7.82. The highest BCUT2D eigenvalue weighted by Gasteiger charge is 2.19. The molecule has 1 aromatic carbocycles. The molecule has 2 aromatic rings. The third-order valence-corrected chi connectivity index (χ3v) is 5.88. The van der Waals surface area contributed by atoms with E-state index in [4.69, 9.17) is 9.73 Å². The van der Waals surface area contributed by atoms with Gasteiger partial charge in [0.25, 0.3) is 0 Å². The van der Waals surface area contributed by atoms with Gasteiger partial charge in [-0.2, -0.15) is 0 Å². The number of thiazole rings is 1. The smallest absolute Gasteiger partial charge is 0.407 e. The molecule has 0 fully saturated rings. The molecule has 1 aromatic heterocycles. The molecule has 7 nitrogen and oxygen atoms in total. The summed E-state index contributed by atoms with van der Waals surface area (Å²) in [4.78, 5) is 30.0. The predicted octanol–water partition coefficient (Wildman–Crippen LogP) is 5.35. The first-order valence-electron chi connectivity index (χ1n) is 11.1. The van der Waals surface area contributed by atoms with Crippen LogP contribution in [-0.2, 0) is 17.7 Å². The Bertz CT molecular complexity index is 995. The number of aromatic carboxylic acids is 1. The van der Waals surface area contributed by atoms with E-state index in [0.29, 0.717) is 30.0 Å². The van der Waals surface area contributed by atoms with Crippen LogP contribution in [0.25, 0.3) is 0 Å². The standard InChI is InChI=1S/C24H35N3O4S/c1-7-19-20(21(28)29)27(12-10-8-9-11-25-23(30)31-24(4,5)6)22(32-19)26-18-14-16(2)13-17(3)15-18/h13-15H,7-12H2,1-6H3,(H,25,30)(H,28,29). The summed E-state index contributed by atoms with van der Waals surface area (Å²) in [7, 11) is 0. The van der Waals surface area contributed by atoms with Gasteiger partial charge in [-0.1, -0.05) is 13.0 Å². The summed E-state index contributed by atoms with van der Waals surface area (Å²) < 4.78 is 7.05. The molecular weight excluding hydrogens is 426 g/mol. The molecule has 0 radical (unpaired) electrons. The van der Waals surface area contributed by atoms with Crippen LogP contribution in [0, 0.1) is 13.8 Å². The number of ether oxygens (including phenoxy) is 1. The van der Waals surface area contributed by atoms with Gasteiger partial charge in [-0.25, -0.2) is 14.6 Å². The van der Waals surface area contributed by atoms with Gasteiger partial charge in [0.1, 0.15) is 11.3 Å². The minimum atomic E-state index is -0.924. The Morgan fingerprint density at radius 1 is 1.12 bits per heavy atom. The number of aryl methyl sites for hydroxylation is 3. The third-order valence-electron chi connectivity index (χ3n) is 4.66. The molecule has 0 aliphatic rings. The first-order valence-corrected chi connectivity index (χ1v) is 11.9. The van der Waals surface area contributed by atoms with Crippen molar-refractivity contribution in [2.24, 2.45) is 4.99 Å². The van der Waals surface area contributed by atoms with E-state index in [1.54, 1.807) is 0 Å². The van der Waals surface area contributed by atoms with E-state index in [9.17, 15) is 14.7 Å². The van der Waals surface area contributed by atoms with Gasteiger partial charge in [-0.15, -0.1) is 11.3 Å². The zero-order chi connectivity index (χ0) is 23.9. The van der Waals surface area contributed by atoms with Crippen molar-refractivity contribution >= 4 is 29.1 Å². The van der Waals surface area contributed by atoms with Gasteiger partial charge in [0.15, 0.2) is 4.80 Å². The van der Waals surface area contributed by atoms with Gasteiger partial charge in [-0.3, -0.25) is 0 Å². The SMILES string of the molecule is CCc1sc(=Nc2cc(C)cc(C)c2)n(CCCCCNC(=O)OC(C)(C)C)c1C(=O)O. The summed E-state index contributed by atoms with van der Waals surface area (Å²) in [5, 5.41) is 12.6. The highest BCUT2D eigenvalue weighted by molar-refractivity contribution is 7.09. The van der Waals surface area contributed by atoms with Crippen LogP contribution in [0.3, 0.4) is 0 Å². The molecule has 8 heteroatoms. The van der Waals surface area contributed by atoms with Gasteiger partial charge >= 0.3 is 12.1 Å². The number of hydrogen-bond acceptors (Lipinski definition) is 5. The minimum Gasteiger partial charge on any atom is -0.477 e. The number of carboxylic acids is 1. The van der Waals surface area contributed by atoms with Gasteiger partial charge in [0.05, 0.1) is 5.69 Å². The fourth-order valence-corrected chi connectivity index (χ4v) is 4.53. The maximum absolute atomic E-state index is 12.0. The molecule has 2 rings (SSSR count). The number of carboxylic acid groups (broad SMARTS) is 1. The van der Waals surface area contributed by atoms with Crippen LogP contribution < -0.4 is 10.1 Å². The second kappa shape index (κ2) is 11.3. The predicted molar refractivity (Wildman–Crippen MR) is 128 cm³/mol. The molecule has 0 atom stereocenters. The maximum Gasteiger partial charge on any atom is 0.407 e. The molecule has 32 heavy (non-hydrogen) atoms. The van der Waals surface area contributed by atoms with Crippen molar-refractivity contribution in [1.29, 1.82) is 0 Å². The average molecular weight is 462 g/mol. The molecule has 0 bridgehead atoms. The second-order valence-corrected chi connectivity index (χ2v) is 9.98. The van der Waals surface area contributed by atoms with Crippen LogP contribution in [0.2, 0.25) is 0 Å². The van der Waals surface area contributed by atoms with Crippen molar-refractivity contribution in [3.05, 3.63) is 44.7 Å². The van der Waals surface area contributed by atoms with E-state index in [1.807, 2.05) is 58.2 Å². The first-order chi connectivity index (χ1) is 15.0.